The van der Waals surface area contributed by atoms with E-state index in [1.54, 1.807) is 11.8 Å². The summed E-state index contributed by atoms with van der Waals surface area (Å²) in [6.07, 6.45) is 3.75. The van der Waals surface area contributed by atoms with Crippen molar-refractivity contribution in [3.05, 3.63) is 0 Å². The first kappa shape index (κ1) is 14.8. The molecule has 1 saturated heterocycles. The van der Waals surface area contributed by atoms with Crippen LogP contribution < -0.4 is 5.32 Å². The number of thioether (sulfide) groups is 1. The van der Waals surface area contributed by atoms with Crippen LogP contribution in [0, 0.1) is 5.92 Å². The molecular weight excluding hydrogens is 232 g/mol. The number of carbonyl (C=O) groups excluding carboxylic acids is 1. The van der Waals surface area contributed by atoms with Crippen molar-refractivity contribution in [1.82, 2.24) is 10.2 Å². The maximum atomic E-state index is 11.5. The van der Waals surface area contributed by atoms with Gasteiger partial charge in [0.05, 0.1) is 5.75 Å². The summed E-state index contributed by atoms with van der Waals surface area (Å²) in [5.74, 6) is 1.56. The van der Waals surface area contributed by atoms with Crippen LogP contribution >= 0.6 is 11.8 Å². The summed E-state index contributed by atoms with van der Waals surface area (Å²) in [6, 6.07) is 0. The van der Waals surface area contributed by atoms with Crippen LogP contribution in [-0.4, -0.2) is 48.5 Å². The number of carbonyl (C=O) groups is 1. The van der Waals surface area contributed by atoms with E-state index in [0.29, 0.717) is 11.0 Å². The van der Waals surface area contributed by atoms with E-state index in [1.165, 1.54) is 25.9 Å². The second kappa shape index (κ2) is 7.98. The number of nitrogens with zero attached hydrogens (tertiary/aromatic N) is 1. The smallest absolute Gasteiger partial charge is 0.230 e. The first-order valence-corrected chi connectivity index (χ1v) is 7.69. The van der Waals surface area contributed by atoms with Crippen molar-refractivity contribution >= 4 is 17.7 Å². The minimum Gasteiger partial charge on any atom is -0.355 e. The Kier molecular flexibility index (Phi) is 6.97. The van der Waals surface area contributed by atoms with Crippen molar-refractivity contribution in [1.29, 1.82) is 0 Å². The number of hydrogen-bond donors (Lipinski definition) is 1. The highest BCUT2D eigenvalue weighted by Crippen LogP contribution is 2.17. The van der Waals surface area contributed by atoms with E-state index in [2.05, 4.69) is 31.1 Å². The molecule has 1 atom stereocenters. The maximum Gasteiger partial charge on any atom is 0.230 e. The van der Waals surface area contributed by atoms with E-state index in [4.69, 9.17) is 0 Å². The Balaban J connectivity index is 2.04. The Morgan fingerprint density at radius 3 is 2.94 bits per heavy atom. The van der Waals surface area contributed by atoms with Gasteiger partial charge in [-0.25, -0.2) is 0 Å². The van der Waals surface area contributed by atoms with Crippen LogP contribution in [0.4, 0.5) is 0 Å². The highest BCUT2D eigenvalue weighted by Gasteiger charge is 2.16. The third-order valence-electron chi connectivity index (χ3n) is 3.14. The lowest BCUT2D eigenvalue weighted by Crippen LogP contribution is -2.35. The van der Waals surface area contributed by atoms with Crippen molar-refractivity contribution in [2.75, 3.05) is 32.4 Å². The molecule has 3 nitrogen and oxygen atoms in total. The molecule has 0 radical (unpaired) electrons. The van der Waals surface area contributed by atoms with Crippen LogP contribution in [0.1, 0.15) is 33.1 Å². The molecule has 1 aliphatic rings. The van der Waals surface area contributed by atoms with Gasteiger partial charge in [0.25, 0.3) is 0 Å². The van der Waals surface area contributed by atoms with Gasteiger partial charge in [-0.05, 0) is 44.0 Å². The second-order valence-electron chi connectivity index (χ2n) is 5.27. The topological polar surface area (TPSA) is 32.3 Å². The summed E-state index contributed by atoms with van der Waals surface area (Å²) in [5, 5.41) is 3.56. The van der Waals surface area contributed by atoms with Gasteiger partial charge < -0.3 is 10.2 Å². The maximum absolute atomic E-state index is 11.5. The molecule has 1 N–H and O–H groups in total. The van der Waals surface area contributed by atoms with Crippen LogP contribution in [0.25, 0.3) is 0 Å². The van der Waals surface area contributed by atoms with E-state index in [-0.39, 0.29) is 5.91 Å². The van der Waals surface area contributed by atoms with Gasteiger partial charge in [-0.2, -0.15) is 0 Å². The van der Waals surface area contributed by atoms with Crippen molar-refractivity contribution < 1.29 is 4.79 Å². The monoisotopic (exact) mass is 258 g/mol. The van der Waals surface area contributed by atoms with Gasteiger partial charge in [0.15, 0.2) is 0 Å². The van der Waals surface area contributed by atoms with E-state index < -0.39 is 0 Å². The molecule has 0 aromatic carbocycles. The molecular formula is C13H26N2OS. The highest BCUT2D eigenvalue weighted by atomic mass is 32.2. The average Bonchev–Trinajstić information content (AvgIpc) is 2.26. The van der Waals surface area contributed by atoms with Crippen LogP contribution in [0.3, 0.4) is 0 Å². The van der Waals surface area contributed by atoms with E-state index in [0.717, 1.165) is 18.9 Å². The molecule has 17 heavy (non-hydrogen) atoms. The normalized spacial score (nSPS) is 21.8. The lowest BCUT2D eigenvalue weighted by molar-refractivity contribution is -0.118. The fourth-order valence-corrected chi connectivity index (χ4v) is 2.80. The van der Waals surface area contributed by atoms with Crippen LogP contribution in [0.15, 0.2) is 0 Å². The zero-order valence-corrected chi connectivity index (χ0v) is 12.2. The lowest BCUT2D eigenvalue weighted by Gasteiger charge is -2.29. The third kappa shape index (κ3) is 6.94. The van der Waals surface area contributed by atoms with E-state index >= 15 is 0 Å². The molecule has 1 aliphatic heterocycles. The average molecular weight is 258 g/mol. The quantitative estimate of drug-likeness (QED) is 0.790. The summed E-state index contributed by atoms with van der Waals surface area (Å²) >= 11 is 1.71. The molecule has 1 rings (SSSR count). The van der Waals surface area contributed by atoms with Crippen LogP contribution in [-0.2, 0) is 4.79 Å². The number of amides is 1. The summed E-state index contributed by atoms with van der Waals surface area (Å²) in [6.45, 7) is 7.51. The Bertz CT molecular complexity index is 233. The minimum atomic E-state index is 0.188. The SMILES string of the molecule is CC(C)SCC(=O)NCCC1CCCN(C)C1. The lowest BCUT2D eigenvalue weighted by atomic mass is 9.95. The molecule has 0 saturated carbocycles. The highest BCUT2D eigenvalue weighted by molar-refractivity contribution is 8.00. The summed E-state index contributed by atoms with van der Waals surface area (Å²) in [7, 11) is 2.18. The molecule has 0 bridgehead atoms. The van der Waals surface area contributed by atoms with Gasteiger partial charge in [0.2, 0.25) is 5.91 Å². The molecule has 100 valence electrons. The van der Waals surface area contributed by atoms with Gasteiger partial charge in [-0.3, -0.25) is 4.79 Å². The van der Waals surface area contributed by atoms with Crippen molar-refractivity contribution in [2.24, 2.45) is 5.92 Å². The molecule has 1 heterocycles. The van der Waals surface area contributed by atoms with Gasteiger partial charge in [-0.1, -0.05) is 13.8 Å². The summed E-state index contributed by atoms with van der Waals surface area (Å²) in [4.78, 5) is 13.9. The minimum absolute atomic E-state index is 0.188. The third-order valence-corrected chi connectivity index (χ3v) is 4.24. The standard InChI is InChI=1S/C13H26N2OS/c1-11(2)17-10-13(16)14-7-6-12-5-4-8-15(3)9-12/h11-12H,4-10H2,1-3H3,(H,14,16). The van der Waals surface area contributed by atoms with Gasteiger partial charge >= 0.3 is 0 Å². The predicted octanol–water partition coefficient (Wildman–Crippen LogP) is 1.98. The molecule has 0 aromatic rings. The Morgan fingerprint density at radius 1 is 1.53 bits per heavy atom. The number of hydrogen-bond acceptors (Lipinski definition) is 3. The largest absolute Gasteiger partial charge is 0.355 e. The number of likely N-dealkylation sites (tertiary alicyclic amines) is 1. The zero-order valence-electron chi connectivity index (χ0n) is 11.4. The zero-order chi connectivity index (χ0) is 12.7. The van der Waals surface area contributed by atoms with Crippen LogP contribution in [0.5, 0.6) is 0 Å². The Hall–Kier alpha value is -0.220. The molecule has 1 unspecified atom stereocenters. The van der Waals surface area contributed by atoms with Gasteiger partial charge in [0, 0.05) is 13.1 Å². The number of rotatable bonds is 6. The Morgan fingerprint density at radius 2 is 2.29 bits per heavy atom. The van der Waals surface area contributed by atoms with Crippen LogP contribution in [0.2, 0.25) is 0 Å². The molecule has 4 heteroatoms. The number of piperidine rings is 1. The fourth-order valence-electron chi connectivity index (χ4n) is 2.22. The van der Waals surface area contributed by atoms with Crippen molar-refractivity contribution in [3.8, 4) is 0 Å². The predicted molar refractivity (Wildman–Crippen MR) is 75.4 cm³/mol. The van der Waals surface area contributed by atoms with E-state index in [9.17, 15) is 4.79 Å². The van der Waals surface area contributed by atoms with Crippen molar-refractivity contribution in [2.45, 2.75) is 38.4 Å². The second-order valence-corrected chi connectivity index (χ2v) is 6.83. The van der Waals surface area contributed by atoms with E-state index in [1.807, 2.05) is 0 Å². The first-order valence-electron chi connectivity index (χ1n) is 6.64. The van der Waals surface area contributed by atoms with Gasteiger partial charge in [-0.15, -0.1) is 11.8 Å². The molecule has 0 aliphatic carbocycles. The van der Waals surface area contributed by atoms with Gasteiger partial charge in [0.1, 0.15) is 0 Å². The molecule has 0 spiro atoms. The summed E-state index contributed by atoms with van der Waals surface area (Å²) in [5.41, 5.74) is 0. The molecule has 1 fully saturated rings. The molecule has 0 aromatic heterocycles. The first-order chi connectivity index (χ1) is 8.08. The molecule has 1 amide bonds. The number of nitrogens with one attached hydrogen (secondary N) is 1. The van der Waals surface area contributed by atoms with Crippen molar-refractivity contribution in [3.63, 3.8) is 0 Å². The summed E-state index contributed by atoms with van der Waals surface area (Å²) < 4.78 is 0. The fraction of sp³-hybridized carbons (Fsp3) is 0.923. The Labute approximate surface area is 110 Å².